The van der Waals surface area contributed by atoms with Crippen LogP contribution >= 0.6 is 0 Å². The lowest BCUT2D eigenvalue weighted by Gasteiger charge is -2.41. The Labute approximate surface area is 117 Å². The molecular formula is C16H30N2O. The predicted molar refractivity (Wildman–Crippen MR) is 78.8 cm³/mol. The van der Waals surface area contributed by atoms with E-state index in [9.17, 15) is 4.79 Å². The Balaban J connectivity index is 1.69. The van der Waals surface area contributed by atoms with Gasteiger partial charge in [-0.1, -0.05) is 26.2 Å². The molecule has 2 aliphatic carbocycles. The first-order chi connectivity index (χ1) is 9.17. The molecule has 3 nitrogen and oxygen atoms in total. The summed E-state index contributed by atoms with van der Waals surface area (Å²) in [5.41, 5.74) is 5.96. The maximum absolute atomic E-state index is 12.1. The average Bonchev–Trinajstić information content (AvgIpc) is 2.37. The molecule has 0 atom stereocenters. The first kappa shape index (κ1) is 14.8. The number of hydrogen-bond donors (Lipinski definition) is 2. The van der Waals surface area contributed by atoms with E-state index in [4.69, 9.17) is 5.73 Å². The molecule has 0 radical (unpaired) electrons. The van der Waals surface area contributed by atoms with Crippen LogP contribution in [0.5, 0.6) is 0 Å². The lowest BCUT2D eigenvalue weighted by atomic mass is 9.66. The van der Waals surface area contributed by atoms with Gasteiger partial charge in [0.25, 0.3) is 0 Å². The van der Waals surface area contributed by atoms with Gasteiger partial charge in [0.1, 0.15) is 0 Å². The van der Waals surface area contributed by atoms with E-state index < -0.39 is 0 Å². The molecule has 2 rings (SSSR count). The van der Waals surface area contributed by atoms with E-state index in [1.54, 1.807) is 0 Å². The fourth-order valence-corrected chi connectivity index (χ4v) is 3.75. The van der Waals surface area contributed by atoms with Crippen LogP contribution in [0.4, 0.5) is 0 Å². The van der Waals surface area contributed by atoms with E-state index in [1.165, 1.54) is 44.9 Å². The topological polar surface area (TPSA) is 55.1 Å². The minimum Gasteiger partial charge on any atom is -0.353 e. The van der Waals surface area contributed by atoms with Gasteiger partial charge in [0.05, 0.1) is 0 Å². The van der Waals surface area contributed by atoms with Crippen molar-refractivity contribution >= 4 is 5.91 Å². The molecule has 0 unspecified atom stereocenters. The van der Waals surface area contributed by atoms with Crippen LogP contribution in [0.15, 0.2) is 0 Å². The number of rotatable bonds is 6. The largest absolute Gasteiger partial charge is 0.353 e. The van der Waals surface area contributed by atoms with Crippen molar-refractivity contribution in [3.05, 3.63) is 0 Å². The number of nitrogens with two attached hydrogens (primary N) is 1. The number of nitrogens with one attached hydrogen (secondary N) is 1. The summed E-state index contributed by atoms with van der Waals surface area (Å²) >= 11 is 0. The van der Waals surface area contributed by atoms with Crippen molar-refractivity contribution in [3.8, 4) is 0 Å². The minimum absolute atomic E-state index is 0.142. The third-order valence-corrected chi connectivity index (χ3v) is 5.29. The molecule has 0 aliphatic heterocycles. The van der Waals surface area contributed by atoms with Crippen LogP contribution in [-0.4, -0.2) is 18.5 Å². The molecule has 3 heteroatoms. The van der Waals surface area contributed by atoms with Gasteiger partial charge in [0.15, 0.2) is 0 Å². The van der Waals surface area contributed by atoms with Crippen molar-refractivity contribution in [1.82, 2.24) is 5.32 Å². The standard InChI is InChI=1S/C16H30N2O/c1-2-4-13-5-7-14(8-6-13)18-15(19)11-16(12-17)9-3-10-16/h13-14H,2-12,17H2,1H3,(H,18,19). The number of hydrogen-bond acceptors (Lipinski definition) is 2. The molecule has 3 N–H and O–H groups in total. The van der Waals surface area contributed by atoms with Gasteiger partial charge < -0.3 is 11.1 Å². The Morgan fingerprint density at radius 3 is 2.42 bits per heavy atom. The summed E-state index contributed by atoms with van der Waals surface area (Å²) in [5, 5.41) is 3.25. The molecule has 0 spiro atoms. The zero-order valence-electron chi connectivity index (χ0n) is 12.4. The van der Waals surface area contributed by atoms with Gasteiger partial charge in [-0.2, -0.15) is 0 Å². The number of carbonyl (C=O) groups is 1. The van der Waals surface area contributed by atoms with Crippen molar-refractivity contribution in [1.29, 1.82) is 0 Å². The summed E-state index contributed by atoms with van der Waals surface area (Å²) in [6.45, 7) is 2.93. The molecule has 0 saturated heterocycles. The third kappa shape index (κ3) is 3.95. The molecule has 1 amide bonds. The van der Waals surface area contributed by atoms with Gasteiger partial charge in [0, 0.05) is 12.5 Å². The first-order valence-corrected chi connectivity index (χ1v) is 8.17. The monoisotopic (exact) mass is 266 g/mol. The highest BCUT2D eigenvalue weighted by molar-refractivity contribution is 5.77. The molecule has 0 bridgehead atoms. The van der Waals surface area contributed by atoms with E-state index in [0.717, 1.165) is 18.8 Å². The van der Waals surface area contributed by atoms with Gasteiger partial charge in [-0.15, -0.1) is 0 Å². The Hall–Kier alpha value is -0.570. The Bertz CT molecular complexity index is 286. The zero-order valence-corrected chi connectivity index (χ0v) is 12.4. The molecule has 2 aliphatic rings. The van der Waals surface area contributed by atoms with Crippen molar-refractivity contribution in [3.63, 3.8) is 0 Å². The lowest BCUT2D eigenvalue weighted by molar-refractivity contribution is -0.125. The van der Waals surface area contributed by atoms with Crippen molar-refractivity contribution in [2.24, 2.45) is 17.1 Å². The van der Waals surface area contributed by atoms with Crippen LogP contribution in [0.3, 0.4) is 0 Å². The summed E-state index contributed by atoms with van der Waals surface area (Å²) in [6, 6.07) is 0.426. The maximum atomic E-state index is 12.1. The van der Waals surface area contributed by atoms with E-state index in [-0.39, 0.29) is 11.3 Å². The second-order valence-corrected chi connectivity index (χ2v) is 6.81. The maximum Gasteiger partial charge on any atom is 0.220 e. The van der Waals surface area contributed by atoms with E-state index in [1.807, 2.05) is 0 Å². The molecule has 0 aromatic carbocycles. The fourth-order valence-electron chi connectivity index (χ4n) is 3.75. The Morgan fingerprint density at radius 1 is 1.26 bits per heavy atom. The van der Waals surface area contributed by atoms with Crippen LogP contribution in [-0.2, 0) is 4.79 Å². The molecule has 2 saturated carbocycles. The van der Waals surface area contributed by atoms with Gasteiger partial charge >= 0.3 is 0 Å². The SMILES string of the molecule is CCCC1CCC(NC(=O)CC2(CN)CCC2)CC1. The van der Waals surface area contributed by atoms with Crippen molar-refractivity contribution < 1.29 is 4.79 Å². The van der Waals surface area contributed by atoms with E-state index >= 15 is 0 Å². The van der Waals surface area contributed by atoms with Gasteiger partial charge in [-0.05, 0) is 56.4 Å². The molecule has 2 fully saturated rings. The second-order valence-electron chi connectivity index (χ2n) is 6.81. The summed E-state index contributed by atoms with van der Waals surface area (Å²) in [5.74, 6) is 1.14. The van der Waals surface area contributed by atoms with Crippen molar-refractivity contribution in [2.45, 2.75) is 77.2 Å². The van der Waals surface area contributed by atoms with Crippen LogP contribution in [0, 0.1) is 11.3 Å². The molecule has 19 heavy (non-hydrogen) atoms. The molecule has 0 heterocycles. The van der Waals surface area contributed by atoms with Crippen LogP contribution < -0.4 is 11.1 Å². The van der Waals surface area contributed by atoms with E-state index in [2.05, 4.69) is 12.2 Å². The quantitative estimate of drug-likeness (QED) is 0.776. The molecule has 0 aromatic heterocycles. The summed E-state index contributed by atoms with van der Waals surface area (Å²) in [6.07, 6.45) is 11.8. The minimum atomic E-state index is 0.142. The molecule has 110 valence electrons. The summed E-state index contributed by atoms with van der Waals surface area (Å²) < 4.78 is 0. The van der Waals surface area contributed by atoms with Gasteiger partial charge in [-0.25, -0.2) is 0 Å². The lowest BCUT2D eigenvalue weighted by Crippen LogP contribution is -2.45. The number of carbonyl (C=O) groups excluding carboxylic acids is 1. The van der Waals surface area contributed by atoms with Crippen LogP contribution in [0.2, 0.25) is 0 Å². The molecule has 0 aromatic rings. The third-order valence-electron chi connectivity index (χ3n) is 5.29. The second kappa shape index (κ2) is 6.74. The van der Waals surface area contributed by atoms with Gasteiger partial charge in [0.2, 0.25) is 5.91 Å². The Kier molecular flexibility index (Phi) is 5.26. The Morgan fingerprint density at radius 2 is 1.95 bits per heavy atom. The predicted octanol–water partition coefficient (Wildman–Crippen LogP) is 2.98. The highest BCUT2D eigenvalue weighted by Crippen LogP contribution is 2.42. The highest BCUT2D eigenvalue weighted by atomic mass is 16.1. The van der Waals surface area contributed by atoms with Crippen LogP contribution in [0.1, 0.15) is 71.1 Å². The first-order valence-electron chi connectivity index (χ1n) is 8.17. The summed E-state index contributed by atoms with van der Waals surface area (Å²) in [4.78, 5) is 12.1. The van der Waals surface area contributed by atoms with Gasteiger partial charge in [-0.3, -0.25) is 4.79 Å². The molecular weight excluding hydrogens is 236 g/mol. The number of amides is 1. The van der Waals surface area contributed by atoms with E-state index in [0.29, 0.717) is 19.0 Å². The summed E-state index contributed by atoms with van der Waals surface area (Å²) in [7, 11) is 0. The fraction of sp³-hybridized carbons (Fsp3) is 0.938. The van der Waals surface area contributed by atoms with Crippen molar-refractivity contribution in [2.75, 3.05) is 6.54 Å². The smallest absolute Gasteiger partial charge is 0.220 e. The highest BCUT2D eigenvalue weighted by Gasteiger charge is 2.37. The average molecular weight is 266 g/mol. The normalized spacial score (nSPS) is 29.6. The van der Waals surface area contributed by atoms with Crippen LogP contribution in [0.25, 0.3) is 0 Å². The zero-order chi connectivity index (χ0) is 13.7.